The Balaban J connectivity index is 1.81. The maximum absolute atomic E-state index is 10.2. The van der Waals surface area contributed by atoms with Gasteiger partial charge in [0.15, 0.2) is 0 Å². The number of hydrogen-bond acceptors (Lipinski definition) is 3. The molecule has 3 nitrogen and oxygen atoms in total. The van der Waals surface area contributed by atoms with Gasteiger partial charge in [-0.15, -0.1) is 0 Å². The molecule has 1 N–H and O–H groups in total. The Bertz CT molecular complexity index is 399. The lowest BCUT2D eigenvalue weighted by molar-refractivity contribution is 0.0255. The molecule has 2 atom stereocenters. The molecule has 106 valence electrons. The van der Waals surface area contributed by atoms with Gasteiger partial charge >= 0.3 is 0 Å². The minimum atomic E-state index is -0.388. The van der Waals surface area contributed by atoms with Crippen molar-refractivity contribution in [2.45, 2.75) is 31.5 Å². The van der Waals surface area contributed by atoms with Crippen LogP contribution in [0.2, 0.25) is 0 Å². The van der Waals surface area contributed by atoms with Crippen molar-refractivity contribution < 1.29 is 9.84 Å². The number of ether oxygens (including phenoxy) is 1. The molecule has 1 aliphatic heterocycles. The average molecular weight is 328 g/mol. The van der Waals surface area contributed by atoms with Gasteiger partial charge in [-0.1, -0.05) is 28.1 Å². The van der Waals surface area contributed by atoms with Crippen LogP contribution in [0.4, 0.5) is 0 Å². The van der Waals surface area contributed by atoms with Gasteiger partial charge in [0.25, 0.3) is 0 Å². The highest BCUT2D eigenvalue weighted by Crippen LogP contribution is 2.22. The predicted octanol–water partition coefficient (Wildman–Crippen LogP) is 2.98. The van der Waals surface area contributed by atoms with Crippen LogP contribution in [0.15, 0.2) is 28.7 Å². The van der Waals surface area contributed by atoms with E-state index in [1.165, 1.54) is 6.42 Å². The van der Waals surface area contributed by atoms with Crippen LogP contribution < -0.4 is 0 Å². The van der Waals surface area contributed by atoms with Crippen molar-refractivity contribution in [3.63, 3.8) is 0 Å². The number of halogens is 1. The van der Waals surface area contributed by atoms with Crippen LogP contribution >= 0.6 is 15.9 Å². The molecule has 1 aromatic rings. The summed E-state index contributed by atoms with van der Waals surface area (Å²) in [6.45, 7) is 3.03. The van der Waals surface area contributed by atoms with Gasteiger partial charge in [-0.3, -0.25) is 0 Å². The SMILES string of the molecule is COC1CCCN(CCC(O)c2cccc(Br)c2)C1. The van der Waals surface area contributed by atoms with Crippen molar-refractivity contribution >= 4 is 15.9 Å². The van der Waals surface area contributed by atoms with Crippen LogP contribution in [0.5, 0.6) is 0 Å². The summed E-state index contributed by atoms with van der Waals surface area (Å²) < 4.78 is 6.43. The second kappa shape index (κ2) is 7.39. The molecule has 0 aliphatic carbocycles. The average Bonchev–Trinajstić information content (AvgIpc) is 2.45. The maximum atomic E-state index is 10.2. The highest BCUT2D eigenvalue weighted by Gasteiger charge is 2.20. The van der Waals surface area contributed by atoms with Gasteiger partial charge in [-0.2, -0.15) is 0 Å². The van der Waals surface area contributed by atoms with Crippen LogP contribution in [-0.2, 0) is 4.74 Å². The third-order valence-electron chi connectivity index (χ3n) is 3.75. The summed E-state index contributed by atoms with van der Waals surface area (Å²) in [5.74, 6) is 0. The lowest BCUT2D eigenvalue weighted by Gasteiger charge is -2.32. The minimum absolute atomic E-state index is 0.358. The molecule has 1 saturated heterocycles. The Morgan fingerprint density at radius 2 is 2.37 bits per heavy atom. The van der Waals surface area contributed by atoms with Crippen LogP contribution in [0.1, 0.15) is 30.9 Å². The quantitative estimate of drug-likeness (QED) is 0.902. The van der Waals surface area contributed by atoms with Gasteiger partial charge in [0.1, 0.15) is 0 Å². The number of aliphatic hydroxyl groups is 1. The molecule has 1 aromatic carbocycles. The zero-order valence-corrected chi connectivity index (χ0v) is 13.0. The van der Waals surface area contributed by atoms with Crippen LogP contribution in [0.25, 0.3) is 0 Å². The molecule has 4 heteroatoms. The molecular formula is C15H22BrNO2. The first-order valence-corrected chi connectivity index (χ1v) is 7.67. The first-order chi connectivity index (χ1) is 9.19. The number of nitrogens with zero attached hydrogens (tertiary/aromatic N) is 1. The fraction of sp³-hybridized carbons (Fsp3) is 0.600. The van der Waals surface area contributed by atoms with Crippen LogP contribution in [0.3, 0.4) is 0 Å². The summed E-state index contributed by atoms with van der Waals surface area (Å²) in [7, 11) is 1.78. The Labute approximate surface area is 123 Å². The summed E-state index contributed by atoms with van der Waals surface area (Å²) >= 11 is 3.44. The van der Waals surface area contributed by atoms with Gasteiger partial charge in [0.05, 0.1) is 12.2 Å². The number of rotatable bonds is 5. The number of piperidine rings is 1. The topological polar surface area (TPSA) is 32.7 Å². The van der Waals surface area contributed by atoms with E-state index in [0.29, 0.717) is 6.10 Å². The van der Waals surface area contributed by atoms with E-state index in [1.54, 1.807) is 7.11 Å². The van der Waals surface area contributed by atoms with Gasteiger partial charge < -0.3 is 14.7 Å². The third kappa shape index (κ3) is 4.56. The molecular weight excluding hydrogens is 306 g/mol. The Morgan fingerprint density at radius 1 is 1.53 bits per heavy atom. The van der Waals surface area contributed by atoms with Crippen molar-refractivity contribution in [1.29, 1.82) is 0 Å². The van der Waals surface area contributed by atoms with Crippen molar-refractivity contribution in [1.82, 2.24) is 4.90 Å². The lowest BCUT2D eigenvalue weighted by Crippen LogP contribution is -2.40. The fourth-order valence-electron chi connectivity index (χ4n) is 2.59. The van der Waals surface area contributed by atoms with Crippen molar-refractivity contribution in [2.24, 2.45) is 0 Å². The normalized spacial score (nSPS) is 22.4. The summed E-state index contributed by atoms with van der Waals surface area (Å²) in [5.41, 5.74) is 0.981. The molecule has 2 unspecified atom stereocenters. The number of aliphatic hydroxyl groups excluding tert-OH is 1. The number of likely N-dealkylation sites (tertiary alicyclic amines) is 1. The zero-order chi connectivity index (χ0) is 13.7. The molecule has 0 bridgehead atoms. The molecule has 1 heterocycles. The highest BCUT2D eigenvalue weighted by molar-refractivity contribution is 9.10. The van der Waals surface area contributed by atoms with E-state index in [1.807, 2.05) is 24.3 Å². The van der Waals surface area contributed by atoms with Crippen molar-refractivity contribution in [3.8, 4) is 0 Å². The smallest absolute Gasteiger partial charge is 0.0802 e. The summed E-state index contributed by atoms with van der Waals surface area (Å²) in [4.78, 5) is 2.39. The van der Waals surface area contributed by atoms with Crippen molar-refractivity contribution in [3.05, 3.63) is 34.3 Å². The summed E-state index contributed by atoms with van der Waals surface area (Å²) in [6, 6.07) is 7.90. The van der Waals surface area contributed by atoms with E-state index in [2.05, 4.69) is 20.8 Å². The molecule has 0 saturated carbocycles. The fourth-order valence-corrected chi connectivity index (χ4v) is 3.01. The van der Waals surface area contributed by atoms with Crippen molar-refractivity contribution in [2.75, 3.05) is 26.7 Å². The number of benzene rings is 1. The highest BCUT2D eigenvalue weighted by atomic mass is 79.9. The Hall–Kier alpha value is -0.420. The monoisotopic (exact) mass is 327 g/mol. The summed E-state index contributed by atoms with van der Waals surface area (Å²) in [5, 5.41) is 10.2. The molecule has 0 radical (unpaired) electrons. The molecule has 1 fully saturated rings. The molecule has 0 spiro atoms. The minimum Gasteiger partial charge on any atom is -0.388 e. The lowest BCUT2D eigenvalue weighted by atomic mass is 10.0. The van der Waals surface area contributed by atoms with Gasteiger partial charge in [0.2, 0.25) is 0 Å². The van der Waals surface area contributed by atoms with Crippen LogP contribution in [-0.4, -0.2) is 42.9 Å². The standard InChI is InChI=1S/C15H22BrNO2/c1-19-14-6-3-8-17(11-14)9-7-15(18)12-4-2-5-13(16)10-12/h2,4-5,10,14-15,18H,3,6-9,11H2,1H3. The first kappa shape index (κ1) is 15.0. The van der Waals surface area contributed by atoms with E-state index in [4.69, 9.17) is 4.74 Å². The molecule has 0 aromatic heterocycles. The van der Waals surface area contributed by atoms with E-state index < -0.39 is 0 Å². The largest absolute Gasteiger partial charge is 0.388 e. The first-order valence-electron chi connectivity index (χ1n) is 6.87. The van der Waals surface area contributed by atoms with Crippen LogP contribution in [0, 0.1) is 0 Å². The van der Waals surface area contributed by atoms with E-state index >= 15 is 0 Å². The molecule has 19 heavy (non-hydrogen) atoms. The Morgan fingerprint density at radius 3 is 3.11 bits per heavy atom. The molecule has 1 aliphatic rings. The van der Waals surface area contributed by atoms with Gasteiger partial charge in [-0.05, 0) is 43.5 Å². The predicted molar refractivity (Wildman–Crippen MR) is 80.2 cm³/mol. The van der Waals surface area contributed by atoms with E-state index in [-0.39, 0.29) is 6.10 Å². The van der Waals surface area contributed by atoms with Gasteiger partial charge in [0, 0.05) is 24.7 Å². The third-order valence-corrected chi connectivity index (χ3v) is 4.24. The zero-order valence-electron chi connectivity index (χ0n) is 11.4. The van der Waals surface area contributed by atoms with E-state index in [9.17, 15) is 5.11 Å². The second-order valence-electron chi connectivity index (χ2n) is 5.16. The molecule has 2 rings (SSSR count). The number of hydrogen-bond donors (Lipinski definition) is 1. The number of methoxy groups -OCH3 is 1. The molecule has 0 amide bonds. The summed E-state index contributed by atoms with van der Waals surface area (Å²) in [6.07, 6.45) is 3.08. The Kier molecular flexibility index (Phi) is 5.82. The van der Waals surface area contributed by atoms with E-state index in [0.717, 1.165) is 42.5 Å². The second-order valence-corrected chi connectivity index (χ2v) is 6.08. The maximum Gasteiger partial charge on any atom is 0.0802 e. The van der Waals surface area contributed by atoms with Gasteiger partial charge in [-0.25, -0.2) is 0 Å².